The maximum atomic E-state index is 13.2. The number of piperidine rings is 1. The molecule has 3 heteroatoms. The first-order chi connectivity index (χ1) is 10.3. The molecule has 1 fully saturated rings. The van der Waals surface area contributed by atoms with Crippen LogP contribution in [0.1, 0.15) is 24.5 Å². The fraction of sp³-hybridized carbons (Fsp3) is 0.333. The predicted octanol–water partition coefficient (Wildman–Crippen LogP) is 3.95. The van der Waals surface area contributed by atoms with E-state index in [-0.39, 0.29) is 11.9 Å². The highest BCUT2D eigenvalue weighted by Gasteiger charge is 2.26. The lowest BCUT2D eigenvalue weighted by Gasteiger charge is -2.31. The molecule has 1 aliphatic heterocycles. The quantitative estimate of drug-likeness (QED) is 0.918. The van der Waals surface area contributed by atoms with Crippen LogP contribution in [0.5, 0.6) is 5.75 Å². The molecule has 0 bridgehead atoms. The average molecular weight is 285 g/mol. The van der Waals surface area contributed by atoms with E-state index in [4.69, 9.17) is 4.74 Å². The van der Waals surface area contributed by atoms with Gasteiger partial charge in [0.25, 0.3) is 0 Å². The summed E-state index contributed by atoms with van der Waals surface area (Å²) in [4.78, 5) is 0. The summed E-state index contributed by atoms with van der Waals surface area (Å²) >= 11 is 0. The summed E-state index contributed by atoms with van der Waals surface area (Å²) in [5, 5.41) is 3.43. The average Bonchev–Trinajstić information content (AvgIpc) is 2.55. The summed E-state index contributed by atoms with van der Waals surface area (Å²) in [5.41, 5.74) is 1.04. The van der Waals surface area contributed by atoms with Crippen molar-refractivity contribution in [2.24, 2.45) is 5.92 Å². The molecule has 0 amide bonds. The Balaban J connectivity index is 1.84. The van der Waals surface area contributed by atoms with Gasteiger partial charge in [0.1, 0.15) is 17.7 Å². The summed E-state index contributed by atoms with van der Waals surface area (Å²) in [6.07, 6.45) is 2.24. The lowest BCUT2D eigenvalue weighted by atomic mass is 9.89. The van der Waals surface area contributed by atoms with E-state index in [1.165, 1.54) is 12.1 Å². The zero-order chi connectivity index (χ0) is 14.5. The van der Waals surface area contributed by atoms with Gasteiger partial charge < -0.3 is 10.1 Å². The lowest BCUT2D eigenvalue weighted by molar-refractivity contribution is 0.116. The topological polar surface area (TPSA) is 21.3 Å². The summed E-state index contributed by atoms with van der Waals surface area (Å²) in [5.74, 6) is 1.06. The number of rotatable bonds is 4. The number of para-hydroxylation sites is 1. The smallest absolute Gasteiger partial charge is 0.128 e. The zero-order valence-corrected chi connectivity index (χ0v) is 12.0. The largest absolute Gasteiger partial charge is 0.485 e. The molecule has 2 aromatic carbocycles. The molecule has 2 aromatic rings. The summed E-state index contributed by atoms with van der Waals surface area (Å²) in [7, 11) is 0. The Kier molecular flexibility index (Phi) is 4.51. The van der Waals surface area contributed by atoms with E-state index in [1.807, 2.05) is 42.5 Å². The van der Waals surface area contributed by atoms with Crippen molar-refractivity contribution < 1.29 is 9.13 Å². The number of halogens is 1. The van der Waals surface area contributed by atoms with Gasteiger partial charge in [0.05, 0.1) is 0 Å². The highest BCUT2D eigenvalue weighted by Crippen LogP contribution is 2.32. The Bertz CT molecular complexity index is 549. The molecule has 0 aliphatic carbocycles. The second-order valence-corrected chi connectivity index (χ2v) is 5.51. The van der Waals surface area contributed by atoms with Gasteiger partial charge in [-0.3, -0.25) is 0 Å². The predicted molar refractivity (Wildman–Crippen MR) is 81.8 cm³/mol. The Morgan fingerprint density at radius 3 is 2.48 bits per heavy atom. The minimum absolute atomic E-state index is 0.0409. The molecular formula is C18H20FNO. The molecule has 0 aromatic heterocycles. The Morgan fingerprint density at radius 2 is 1.81 bits per heavy atom. The second-order valence-electron chi connectivity index (χ2n) is 5.51. The van der Waals surface area contributed by atoms with Crippen molar-refractivity contribution in [2.75, 3.05) is 13.1 Å². The first-order valence-electron chi connectivity index (χ1n) is 7.51. The molecule has 2 atom stereocenters. The van der Waals surface area contributed by atoms with Crippen molar-refractivity contribution in [3.63, 3.8) is 0 Å². The maximum absolute atomic E-state index is 13.2. The molecule has 1 N–H and O–H groups in total. The number of benzene rings is 2. The van der Waals surface area contributed by atoms with E-state index in [2.05, 4.69) is 5.32 Å². The highest BCUT2D eigenvalue weighted by atomic mass is 19.1. The zero-order valence-electron chi connectivity index (χ0n) is 12.0. The second kappa shape index (κ2) is 6.72. The SMILES string of the molecule is Fc1ccc([C@@H](Oc2ccccc2)[C@@H]2CCCNC2)cc1. The third-order valence-corrected chi connectivity index (χ3v) is 3.97. The molecule has 1 aliphatic rings. The summed E-state index contributed by atoms with van der Waals surface area (Å²) in [6.45, 7) is 2.01. The van der Waals surface area contributed by atoms with Crippen LogP contribution in [0.3, 0.4) is 0 Å². The molecule has 110 valence electrons. The van der Waals surface area contributed by atoms with Gasteiger partial charge in [-0.05, 0) is 49.2 Å². The number of nitrogens with one attached hydrogen (secondary N) is 1. The van der Waals surface area contributed by atoms with Crippen LogP contribution in [-0.2, 0) is 0 Å². The summed E-state index contributed by atoms with van der Waals surface area (Å²) < 4.78 is 19.4. The minimum atomic E-state index is -0.209. The standard InChI is InChI=1S/C18H20FNO/c19-16-10-8-14(9-11-16)18(15-5-4-12-20-13-15)21-17-6-2-1-3-7-17/h1-3,6-11,15,18,20H,4-5,12-13H2/t15-,18-/m1/s1. The molecule has 3 rings (SSSR count). The van der Waals surface area contributed by atoms with E-state index in [0.717, 1.165) is 37.2 Å². The maximum Gasteiger partial charge on any atom is 0.128 e. The van der Waals surface area contributed by atoms with Gasteiger partial charge in [-0.2, -0.15) is 0 Å². The highest BCUT2D eigenvalue weighted by molar-refractivity contribution is 5.25. The first-order valence-corrected chi connectivity index (χ1v) is 7.51. The van der Waals surface area contributed by atoms with Crippen LogP contribution in [0.15, 0.2) is 54.6 Å². The van der Waals surface area contributed by atoms with Gasteiger partial charge in [-0.25, -0.2) is 4.39 Å². The molecule has 0 spiro atoms. The van der Waals surface area contributed by atoms with Crippen molar-refractivity contribution in [3.8, 4) is 5.75 Å². The lowest BCUT2D eigenvalue weighted by Crippen LogP contribution is -2.35. The molecule has 21 heavy (non-hydrogen) atoms. The van der Waals surface area contributed by atoms with E-state index in [9.17, 15) is 4.39 Å². The van der Waals surface area contributed by atoms with E-state index >= 15 is 0 Å². The van der Waals surface area contributed by atoms with Crippen molar-refractivity contribution in [3.05, 3.63) is 66.0 Å². The fourth-order valence-electron chi connectivity index (χ4n) is 2.87. The summed E-state index contributed by atoms with van der Waals surface area (Å²) in [6, 6.07) is 16.5. The van der Waals surface area contributed by atoms with Crippen LogP contribution < -0.4 is 10.1 Å². The normalized spacial score (nSPS) is 20.0. The van der Waals surface area contributed by atoms with Crippen LogP contribution in [0.25, 0.3) is 0 Å². The first kappa shape index (κ1) is 14.1. The fourth-order valence-corrected chi connectivity index (χ4v) is 2.87. The molecule has 2 nitrogen and oxygen atoms in total. The Labute approximate surface area is 125 Å². The third-order valence-electron chi connectivity index (χ3n) is 3.97. The van der Waals surface area contributed by atoms with Crippen LogP contribution in [0, 0.1) is 11.7 Å². The number of hydrogen-bond acceptors (Lipinski definition) is 2. The van der Waals surface area contributed by atoms with Crippen LogP contribution in [-0.4, -0.2) is 13.1 Å². The molecule has 1 heterocycles. The molecule has 1 saturated heterocycles. The van der Waals surface area contributed by atoms with Gasteiger partial charge >= 0.3 is 0 Å². The van der Waals surface area contributed by atoms with Gasteiger partial charge in [0.15, 0.2) is 0 Å². The number of ether oxygens (including phenoxy) is 1. The Hall–Kier alpha value is -1.87. The van der Waals surface area contributed by atoms with Crippen molar-refractivity contribution in [1.29, 1.82) is 0 Å². The van der Waals surface area contributed by atoms with E-state index in [1.54, 1.807) is 0 Å². The van der Waals surface area contributed by atoms with Gasteiger partial charge in [-0.1, -0.05) is 30.3 Å². The van der Waals surface area contributed by atoms with E-state index in [0.29, 0.717) is 5.92 Å². The van der Waals surface area contributed by atoms with E-state index < -0.39 is 0 Å². The van der Waals surface area contributed by atoms with Gasteiger partial charge in [0.2, 0.25) is 0 Å². The van der Waals surface area contributed by atoms with Crippen LogP contribution >= 0.6 is 0 Å². The van der Waals surface area contributed by atoms with Crippen molar-refractivity contribution in [2.45, 2.75) is 18.9 Å². The number of hydrogen-bond donors (Lipinski definition) is 1. The van der Waals surface area contributed by atoms with Crippen LogP contribution in [0.4, 0.5) is 4.39 Å². The molecular weight excluding hydrogens is 265 g/mol. The molecule has 0 radical (unpaired) electrons. The minimum Gasteiger partial charge on any atom is -0.485 e. The van der Waals surface area contributed by atoms with Crippen molar-refractivity contribution in [1.82, 2.24) is 5.32 Å². The Morgan fingerprint density at radius 1 is 1.05 bits per heavy atom. The van der Waals surface area contributed by atoms with Gasteiger partial charge in [0, 0.05) is 12.5 Å². The third kappa shape index (κ3) is 3.61. The van der Waals surface area contributed by atoms with Crippen molar-refractivity contribution >= 4 is 0 Å². The van der Waals surface area contributed by atoms with Crippen LogP contribution in [0.2, 0.25) is 0 Å². The molecule has 0 saturated carbocycles. The van der Waals surface area contributed by atoms with Gasteiger partial charge in [-0.15, -0.1) is 0 Å². The molecule has 0 unspecified atom stereocenters. The monoisotopic (exact) mass is 285 g/mol.